The smallest absolute Gasteiger partial charge is 0.180 e. The van der Waals surface area contributed by atoms with Gasteiger partial charge < -0.3 is 9.64 Å². The summed E-state index contributed by atoms with van der Waals surface area (Å²) in [5.74, 6) is 1.74. The molecule has 4 aromatic rings. The Morgan fingerprint density at radius 1 is 1.10 bits per heavy atom. The van der Waals surface area contributed by atoms with Gasteiger partial charge in [-0.15, -0.1) is 5.10 Å². The number of aryl methyl sites for hydroxylation is 1. The van der Waals surface area contributed by atoms with Crippen molar-refractivity contribution in [2.24, 2.45) is 7.05 Å². The minimum Gasteiger partial charge on any atom is -0.371 e. The van der Waals surface area contributed by atoms with Crippen molar-refractivity contribution in [2.75, 3.05) is 18.0 Å². The molecular formula is C19H20IN8OP. The van der Waals surface area contributed by atoms with Crippen molar-refractivity contribution >= 4 is 39.7 Å². The van der Waals surface area contributed by atoms with Gasteiger partial charge in [0.15, 0.2) is 5.82 Å². The summed E-state index contributed by atoms with van der Waals surface area (Å²) in [5, 5.41) is 13.8. The maximum Gasteiger partial charge on any atom is 0.180 e. The second-order valence-electron chi connectivity index (χ2n) is 7.71. The van der Waals surface area contributed by atoms with Crippen LogP contribution < -0.4 is 4.90 Å². The van der Waals surface area contributed by atoms with Crippen molar-refractivity contribution < 1.29 is 4.74 Å². The van der Waals surface area contributed by atoms with Gasteiger partial charge in [0.1, 0.15) is 11.5 Å². The minimum atomic E-state index is 0.297. The zero-order valence-corrected chi connectivity index (χ0v) is 19.5. The molecule has 9 nitrogen and oxygen atoms in total. The third kappa shape index (κ3) is 2.96. The Kier molecular flexibility index (Phi) is 4.54. The maximum absolute atomic E-state index is 6.04. The van der Waals surface area contributed by atoms with Crippen LogP contribution in [0.1, 0.15) is 12.8 Å². The van der Waals surface area contributed by atoms with Crippen LogP contribution in [0.15, 0.2) is 36.8 Å². The SMILES string of the molecule is Cn1nccc1-c1cc(N2CC3CCC(C2)O3)nn2c(-c3ccnn3PI)ncc12. The molecule has 2 aliphatic heterocycles. The average molecular weight is 534 g/mol. The highest BCUT2D eigenvalue weighted by molar-refractivity contribution is 14.2. The molecule has 154 valence electrons. The second kappa shape index (κ2) is 7.28. The summed E-state index contributed by atoms with van der Waals surface area (Å²) in [5.41, 5.74) is 4.03. The van der Waals surface area contributed by atoms with Gasteiger partial charge in [0.25, 0.3) is 0 Å². The molecular weight excluding hydrogens is 514 g/mol. The van der Waals surface area contributed by atoms with Crippen molar-refractivity contribution in [3.8, 4) is 22.8 Å². The Balaban J connectivity index is 1.56. The number of nitrogens with zero attached hydrogens (tertiary/aromatic N) is 8. The van der Waals surface area contributed by atoms with E-state index in [4.69, 9.17) is 14.8 Å². The molecule has 30 heavy (non-hydrogen) atoms. The summed E-state index contributed by atoms with van der Waals surface area (Å²) in [6.45, 7) is 1.74. The number of imidazole rings is 1. The molecule has 11 heteroatoms. The Morgan fingerprint density at radius 3 is 2.60 bits per heavy atom. The molecule has 3 unspecified atom stereocenters. The van der Waals surface area contributed by atoms with Crippen molar-refractivity contribution in [1.29, 1.82) is 0 Å². The Morgan fingerprint density at radius 2 is 1.87 bits per heavy atom. The third-order valence-electron chi connectivity index (χ3n) is 5.91. The molecule has 0 saturated carbocycles. The molecule has 0 radical (unpaired) electrons. The van der Waals surface area contributed by atoms with E-state index in [0.29, 0.717) is 18.6 Å². The predicted molar refractivity (Wildman–Crippen MR) is 124 cm³/mol. The summed E-state index contributed by atoms with van der Waals surface area (Å²) < 4.78 is 11.9. The number of anilines is 1. The first-order chi connectivity index (χ1) is 14.7. The highest BCUT2D eigenvalue weighted by Gasteiger charge is 2.35. The number of aromatic nitrogens is 7. The number of rotatable bonds is 4. The van der Waals surface area contributed by atoms with E-state index in [9.17, 15) is 0 Å². The highest BCUT2D eigenvalue weighted by atomic mass is 127. The lowest BCUT2D eigenvalue weighted by atomic mass is 10.1. The van der Waals surface area contributed by atoms with Crippen LogP contribution in [0.2, 0.25) is 0 Å². The van der Waals surface area contributed by atoms with Crippen molar-refractivity contribution in [3.05, 3.63) is 36.8 Å². The number of morpholine rings is 1. The lowest BCUT2D eigenvalue weighted by Gasteiger charge is -2.33. The summed E-state index contributed by atoms with van der Waals surface area (Å²) in [7, 11) is 1.96. The van der Waals surface area contributed by atoms with Gasteiger partial charge in [-0.3, -0.25) is 4.68 Å². The van der Waals surface area contributed by atoms with E-state index in [0.717, 1.165) is 60.0 Å². The van der Waals surface area contributed by atoms with Crippen LogP contribution in [0, 0.1) is 0 Å². The lowest BCUT2D eigenvalue weighted by molar-refractivity contribution is 0.0301. The molecule has 0 N–H and O–H groups in total. The van der Waals surface area contributed by atoms with Crippen LogP contribution >= 0.6 is 28.4 Å². The number of hydrogen-bond acceptors (Lipinski definition) is 6. The van der Waals surface area contributed by atoms with E-state index in [1.807, 2.05) is 51.4 Å². The Bertz CT molecular complexity index is 1220. The largest absolute Gasteiger partial charge is 0.371 e. The van der Waals surface area contributed by atoms with Gasteiger partial charge in [-0.2, -0.15) is 10.2 Å². The standard InChI is InChI=1S/C19H20IN8OP/c1-25-15(4-6-22-25)14-8-18(26-10-12-2-3-13(11-26)29-12)24-27-17(14)9-21-19(27)16-5-7-23-28(16)30-20/h4-9,12-13,30H,2-3,10-11H2,1H3. The molecule has 0 amide bonds. The molecule has 2 aliphatic rings. The van der Waals surface area contributed by atoms with Crippen LogP contribution in [0.25, 0.3) is 28.3 Å². The predicted octanol–water partition coefficient (Wildman–Crippen LogP) is 3.15. The summed E-state index contributed by atoms with van der Waals surface area (Å²) in [4.78, 5) is 7.10. The molecule has 0 aromatic carbocycles. The van der Waals surface area contributed by atoms with Gasteiger partial charge in [-0.05, 0) is 53.1 Å². The lowest BCUT2D eigenvalue weighted by Crippen LogP contribution is -2.43. The minimum absolute atomic E-state index is 0.297. The van der Waals surface area contributed by atoms with Gasteiger partial charge in [-0.25, -0.2) is 14.0 Å². The number of fused-ring (bicyclic) bond motifs is 3. The van der Waals surface area contributed by atoms with E-state index < -0.39 is 0 Å². The maximum atomic E-state index is 6.04. The van der Waals surface area contributed by atoms with Gasteiger partial charge in [0.05, 0.1) is 42.2 Å². The zero-order chi connectivity index (χ0) is 20.2. The van der Waals surface area contributed by atoms with E-state index in [1.54, 1.807) is 0 Å². The first-order valence-corrected chi connectivity index (χ1v) is 14.0. The highest BCUT2D eigenvalue weighted by Crippen LogP contribution is 2.35. The fourth-order valence-electron chi connectivity index (χ4n) is 4.48. The summed E-state index contributed by atoms with van der Waals surface area (Å²) >= 11 is 2.33. The molecule has 3 atom stereocenters. The second-order valence-corrected chi connectivity index (χ2v) is 9.75. The number of halogens is 1. The van der Waals surface area contributed by atoms with Gasteiger partial charge in [0.2, 0.25) is 0 Å². The Hall–Kier alpha value is -2.04. The number of hydrogen-bond donors (Lipinski definition) is 0. The molecule has 2 bridgehead atoms. The molecule has 2 fully saturated rings. The first kappa shape index (κ1) is 18.7. The topological polar surface area (TPSA) is 78.3 Å². The van der Waals surface area contributed by atoms with E-state index in [1.165, 1.54) is 0 Å². The average Bonchev–Trinajstić information content (AvgIpc) is 3.53. The molecule has 0 aliphatic carbocycles. The van der Waals surface area contributed by atoms with Gasteiger partial charge in [0, 0.05) is 31.9 Å². The van der Waals surface area contributed by atoms with Gasteiger partial charge >= 0.3 is 0 Å². The fraction of sp³-hybridized carbons (Fsp3) is 0.368. The Labute approximate surface area is 187 Å². The zero-order valence-electron chi connectivity index (χ0n) is 16.3. The summed E-state index contributed by atoms with van der Waals surface area (Å²) in [6, 6.07) is 6.19. The van der Waals surface area contributed by atoms with Crippen molar-refractivity contribution in [3.63, 3.8) is 0 Å². The van der Waals surface area contributed by atoms with Crippen molar-refractivity contribution in [1.82, 2.24) is 33.9 Å². The fourth-order valence-corrected chi connectivity index (χ4v) is 6.01. The van der Waals surface area contributed by atoms with E-state index in [2.05, 4.69) is 43.2 Å². The molecule has 6 rings (SSSR count). The normalized spacial score (nSPS) is 21.5. The summed E-state index contributed by atoms with van der Waals surface area (Å²) in [6.07, 6.45) is 8.87. The van der Waals surface area contributed by atoms with Crippen LogP contribution in [-0.4, -0.2) is 59.2 Å². The quantitative estimate of drug-likeness (QED) is 0.296. The molecule has 0 spiro atoms. The van der Waals surface area contributed by atoms with E-state index >= 15 is 0 Å². The molecule has 6 heterocycles. The molecule has 2 saturated heterocycles. The molecule has 4 aromatic heterocycles. The number of ether oxygens (including phenoxy) is 1. The van der Waals surface area contributed by atoms with Crippen LogP contribution in [-0.2, 0) is 11.8 Å². The third-order valence-corrected chi connectivity index (χ3v) is 7.79. The van der Waals surface area contributed by atoms with E-state index in [-0.39, 0.29) is 0 Å². The van der Waals surface area contributed by atoms with Crippen LogP contribution in [0.5, 0.6) is 0 Å². The van der Waals surface area contributed by atoms with Crippen LogP contribution in [0.4, 0.5) is 5.82 Å². The van der Waals surface area contributed by atoms with Crippen LogP contribution in [0.3, 0.4) is 0 Å². The van der Waals surface area contributed by atoms with Gasteiger partial charge in [-0.1, -0.05) is 0 Å². The van der Waals surface area contributed by atoms with Crippen molar-refractivity contribution in [2.45, 2.75) is 25.0 Å². The monoisotopic (exact) mass is 534 g/mol. The first-order valence-electron chi connectivity index (χ1n) is 9.90.